The van der Waals surface area contributed by atoms with Crippen molar-refractivity contribution in [3.05, 3.63) is 42.6 Å². The summed E-state index contributed by atoms with van der Waals surface area (Å²) >= 11 is 0. The predicted octanol–water partition coefficient (Wildman–Crippen LogP) is 1.93. The van der Waals surface area contributed by atoms with E-state index in [2.05, 4.69) is 15.3 Å². The lowest BCUT2D eigenvalue weighted by molar-refractivity contribution is 0.0736. The van der Waals surface area contributed by atoms with Crippen molar-refractivity contribution >= 4 is 30.7 Å². The van der Waals surface area contributed by atoms with E-state index < -0.39 is 0 Å². The van der Waals surface area contributed by atoms with Gasteiger partial charge in [-0.15, -0.1) is 24.8 Å². The molecule has 3 heterocycles. The fourth-order valence-electron chi connectivity index (χ4n) is 2.78. The van der Waals surface area contributed by atoms with Crippen LogP contribution in [-0.4, -0.2) is 51.5 Å². The summed E-state index contributed by atoms with van der Waals surface area (Å²) in [6.07, 6.45) is 8.99. The third-order valence-corrected chi connectivity index (χ3v) is 3.84. The number of hydrogen-bond acceptors (Lipinski definition) is 4. The molecule has 1 fully saturated rings. The Hall–Kier alpha value is -1.63. The van der Waals surface area contributed by atoms with Crippen LogP contribution in [0.1, 0.15) is 23.2 Å². The van der Waals surface area contributed by atoms with Gasteiger partial charge in [0.2, 0.25) is 0 Å². The first kappa shape index (κ1) is 19.4. The Labute approximate surface area is 148 Å². The summed E-state index contributed by atoms with van der Waals surface area (Å²) in [5.41, 5.74) is 0.641. The first-order chi connectivity index (χ1) is 10.3. The summed E-state index contributed by atoms with van der Waals surface area (Å²) in [4.78, 5) is 22.9. The number of carbonyl (C=O) groups is 1. The number of pyridine rings is 1. The number of amides is 1. The molecular weight excluding hydrogens is 337 g/mol. The van der Waals surface area contributed by atoms with E-state index in [0.717, 1.165) is 31.7 Å². The molecule has 0 spiro atoms. The van der Waals surface area contributed by atoms with Crippen molar-refractivity contribution in [1.82, 2.24) is 24.8 Å². The van der Waals surface area contributed by atoms with Crippen molar-refractivity contribution < 1.29 is 4.79 Å². The second-order valence-electron chi connectivity index (χ2n) is 5.23. The highest BCUT2D eigenvalue weighted by molar-refractivity contribution is 5.94. The summed E-state index contributed by atoms with van der Waals surface area (Å²) in [6, 6.07) is 3.97. The van der Waals surface area contributed by atoms with Gasteiger partial charge in [-0.25, -0.2) is 9.97 Å². The van der Waals surface area contributed by atoms with Crippen molar-refractivity contribution in [1.29, 1.82) is 0 Å². The van der Waals surface area contributed by atoms with Crippen LogP contribution >= 0.6 is 24.8 Å². The number of carbonyl (C=O) groups excluding carboxylic acids is 1. The molecule has 1 N–H and O–H groups in total. The molecule has 126 valence electrons. The molecule has 2 aromatic heterocycles. The number of halogens is 2. The van der Waals surface area contributed by atoms with Gasteiger partial charge < -0.3 is 10.2 Å². The fraction of sp³-hybridized carbons (Fsp3) is 0.400. The van der Waals surface area contributed by atoms with Crippen molar-refractivity contribution in [2.45, 2.75) is 18.9 Å². The molecule has 1 aliphatic heterocycles. The minimum Gasteiger partial charge on any atom is -0.334 e. The minimum atomic E-state index is 0. The van der Waals surface area contributed by atoms with E-state index in [-0.39, 0.29) is 36.8 Å². The zero-order valence-corrected chi connectivity index (χ0v) is 14.5. The van der Waals surface area contributed by atoms with E-state index in [9.17, 15) is 4.79 Å². The number of likely N-dealkylation sites (N-methyl/N-ethyl adjacent to an activating group) is 1. The average molecular weight is 358 g/mol. The number of nitrogens with zero attached hydrogens (tertiary/aromatic N) is 4. The van der Waals surface area contributed by atoms with E-state index in [1.54, 1.807) is 18.7 Å². The van der Waals surface area contributed by atoms with E-state index in [0.29, 0.717) is 5.56 Å². The molecule has 0 aromatic carbocycles. The maximum absolute atomic E-state index is 12.6. The van der Waals surface area contributed by atoms with Gasteiger partial charge in [0.25, 0.3) is 5.91 Å². The molecule has 2 aromatic rings. The van der Waals surface area contributed by atoms with Gasteiger partial charge in [-0.2, -0.15) is 0 Å². The van der Waals surface area contributed by atoms with Gasteiger partial charge in [0.15, 0.2) is 0 Å². The summed E-state index contributed by atoms with van der Waals surface area (Å²) in [5.74, 6) is 0.828. The number of likely N-dealkylation sites (tertiary alicyclic amines) is 1. The average Bonchev–Trinajstić information content (AvgIpc) is 3.19. The number of aromatic nitrogens is 3. The van der Waals surface area contributed by atoms with Crippen LogP contribution in [0, 0.1) is 0 Å². The van der Waals surface area contributed by atoms with E-state index in [1.807, 2.05) is 34.8 Å². The molecule has 0 saturated carbocycles. The van der Waals surface area contributed by atoms with Crippen LogP contribution in [0.3, 0.4) is 0 Å². The molecule has 1 atom stereocenters. The van der Waals surface area contributed by atoms with Crippen LogP contribution in [0.4, 0.5) is 0 Å². The third-order valence-electron chi connectivity index (χ3n) is 3.84. The van der Waals surface area contributed by atoms with Gasteiger partial charge in [-0.3, -0.25) is 9.36 Å². The van der Waals surface area contributed by atoms with Crippen molar-refractivity contribution in [3.63, 3.8) is 0 Å². The van der Waals surface area contributed by atoms with E-state index in [4.69, 9.17) is 0 Å². The van der Waals surface area contributed by atoms with Gasteiger partial charge in [0.05, 0.1) is 5.56 Å². The van der Waals surface area contributed by atoms with Crippen LogP contribution in [0.2, 0.25) is 0 Å². The normalized spacial score (nSPS) is 16.6. The molecule has 1 unspecified atom stereocenters. The molecule has 1 amide bonds. The van der Waals surface area contributed by atoms with Crippen molar-refractivity contribution in [2.24, 2.45) is 0 Å². The zero-order valence-electron chi connectivity index (χ0n) is 12.9. The first-order valence-electron chi connectivity index (χ1n) is 7.19. The lowest BCUT2D eigenvalue weighted by Crippen LogP contribution is -2.40. The summed E-state index contributed by atoms with van der Waals surface area (Å²) < 4.78 is 1.81. The molecule has 3 rings (SSSR count). The highest BCUT2D eigenvalue weighted by Gasteiger charge is 2.28. The Morgan fingerprint density at radius 3 is 2.83 bits per heavy atom. The molecule has 0 bridgehead atoms. The maximum atomic E-state index is 12.6. The minimum absolute atomic E-state index is 0. The number of rotatable bonds is 4. The molecule has 0 aliphatic carbocycles. The highest BCUT2D eigenvalue weighted by atomic mass is 35.5. The van der Waals surface area contributed by atoms with Crippen LogP contribution in [0.25, 0.3) is 5.82 Å². The van der Waals surface area contributed by atoms with Crippen molar-refractivity contribution in [2.75, 3.05) is 20.1 Å². The van der Waals surface area contributed by atoms with Crippen LogP contribution < -0.4 is 5.32 Å². The Morgan fingerprint density at radius 2 is 2.22 bits per heavy atom. The van der Waals surface area contributed by atoms with Crippen LogP contribution in [0.5, 0.6) is 0 Å². The Bertz CT molecular complexity index is 603. The first-order valence-corrected chi connectivity index (χ1v) is 7.19. The van der Waals surface area contributed by atoms with Crippen LogP contribution in [0.15, 0.2) is 37.1 Å². The highest BCUT2D eigenvalue weighted by Crippen LogP contribution is 2.19. The van der Waals surface area contributed by atoms with Gasteiger partial charge in [0.1, 0.15) is 12.1 Å². The zero-order chi connectivity index (χ0) is 14.7. The SMILES string of the molecule is CNCC1CCCN1C(=O)c1ccc(-n2ccnc2)nc1.Cl.Cl. The Morgan fingerprint density at radius 1 is 1.39 bits per heavy atom. The third kappa shape index (κ3) is 4.22. The standard InChI is InChI=1S/C15H19N5O.2ClH/c1-16-10-13-3-2-7-20(13)15(21)12-4-5-14(18-9-12)19-8-6-17-11-19;;/h4-6,8-9,11,13,16H,2-3,7,10H2,1H3;2*1H. The van der Waals surface area contributed by atoms with Gasteiger partial charge in [-0.1, -0.05) is 0 Å². The Kier molecular flexibility index (Phi) is 7.48. The summed E-state index contributed by atoms with van der Waals surface area (Å²) in [5, 5.41) is 3.15. The second kappa shape index (κ2) is 8.86. The maximum Gasteiger partial charge on any atom is 0.255 e. The topological polar surface area (TPSA) is 63.1 Å². The summed E-state index contributed by atoms with van der Waals surface area (Å²) in [7, 11) is 1.92. The molecule has 23 heavy (non-hydrogen) atoms. The van der Waals surface area contributed by atoms with Gasteiger partial charge >= 0.3 is 0 Å². The van der Waals surface area contributed by atoms with Gasteiger partial charge in [-0.05, 0) is 32.0 Å². The second-order valence-corrected chi connectivity index (χ2v) is 5.23. The lowest BCUT2D eigenvalue weighted by Gasteiger charge is -2.24. The van der Waals surface area contributed by atoms with E-state index >= 15 is 0 Å². The monoisotopic (exact) mass is 357 g/mol. The predicted molar refractivity (Wildman–Crippen MR) is 93.8 cm³/mol. The molecule has 0 radical (unpaired) electrons. The summed E-state index contributed by atoms with van der Waals surface area (Å²) in [6.45, 7) is 1.67. The smallest absolute Gasteiger partial charge is 0.255 e. The number of imidazole rings is 1. The number of nitrogens with one attached hydrogen (secondary N) is 1. The lowest BCUT2D eigenvalue weighted by atomic mass is 10.2. The molecular formula is C15H21Cl2N5O. The fourth-order valence-corrected chi connectivity index (χ4v) is 2.78. The molecule has 6 nitrogen and oxygen atoms in total. The van der Waals surface area contributed by atoms with Gasteiger partial charge in [0, 0.05) is 37.7 Å². The quantitative estimate of drug-likeness (QED) is 0.907. The Balaban J connectivity index is 0.00000132. The number of hydrogen-bond donors (Lipinski definition) is 1. The molecule has 1 aliphatic rings. The van der Waals surface area contributed by atoms with Crippen LogP contribution in [-0.2, 0) is 0 Å². The molecule has 1 saturated heterocycles. The largest absolute Gasteiger partial charge is 0.334 e. The molecule has 8 heteroatoms. The van der Waals surface area contributed by atoms with Crippen molar-refractivity contribution in [3.8, 4) is 5.82 Å². The van der Waals surface area contributed by atoms with E-state index in [1.165, 1.54) is 0 Å².